The van der Waals surface area contributed by atoms with E-state index in [2.05, 4.69) is 16.6 Å². The predicted octanol–water partition coefficient (Wildman–Crippen LogP) is 2.10. The van der Waals surface area contributed by atoms with Gasteiger partial charge in [-0.25, -0.2) is 4.79 Å². The highest BCUT2D eigenvalue weighted by Crippen LogP contribution is 2.22. The summed E-state index contributed by atoms with van der Waals surface area (Å²) in [4.78, 5) is 11.9. The molecule has 3 nitrogen and oxygen atoms in total. The summed E-state index contributed by atoms with van der Waals surface area (Å²) >= 11 is 0. The van der Waals surface area contributed by atoms with Crippen LogP contribution in [0.15, 0.2) is 60.7 Å². The Morgan fingerprint density at radius 3 is 2.15 bits per heavy atom. The second kappa shape index (κ2) is 6.05. The fourth-order valence-electron chi connectivity index (χ4n) is 1.75. The van der Waals surface area contributed by atoms with Gasteiger partial charge in [-0.05, 0) is 18.1 Å². The molecule has 100 valence electrons. The van der Waals surface area contributed by atoms with Gasteiger partial charge in [0.15, 0.2) is 0 Å². The molecule has 2 aromatic carbocycles. The maximum atomic E-state index is 11.9. The molecular formula is C17H14O3. The van der Waals surface area contributed by atoms with E-state index in [0.717, 1.165) is 0 Å². The van der Waals surface area contributed by atoms with Crippen molar-refractivity contribution in [3.8, 4) is 11.8 Å². The van der Waals surface area contributed by atoms with Gasteiger partial charge in [0.2, 0.25) is 0 Å². The van der Waals surface area contributed by atoms with Crippen molar-refractivity contribution in [1.82, 2.24) is 0 Å². The summed E-state index contributed by atoms with van der Waals surface area (Å²) in [5.74, 6) is 4.61. The lowest BCUT2D eigenvalue weighted by molar-refractivity contribution is -0.157. The Balaban J connectivity index is 2.45. The van der Waals surface area contributed by atoms with E-state index >= 15 is 0 Å². The van der Waals surface area contributed by atoms with Crippen LogP contribution in [-0.4, -0.2) is 18.2 Å². The maximum Gasteiger partial charge on any atom is 0.355 e. The zero-order chi connectivity index (χ0) is 14.4. The first-order valence-electron chi connectivity index (χ1n) is 6.11. The molecule has 0 radical (unpaired) electrons. The number of hydrogen-bond acceptors (Lipinski definition) is 3. The van der Waals surface area contributed by atoms with Crippen LogP contribution >= 0.6 is 0 Å². The molecule has 0 unspecified atom stereocenters. The molecular weight excluding hydrogens is 252 g/mol. The van der Waals surface area contributed by atoms with Crippen molar-refractivity contribution in [3.63, 3.8) is 0 Å². The molecule has 0 aliphatic heterocycles. The zero-order valence-corrected chi connectivity index (χ0v) is 11.0. The number of aliphatic hydroxyl groups is 1. The second-order valence-corrected chi connectivity index (χ2v) is 4.18. The highest BCUT2D eigenvalue weighted by molar-refractivity contribution is 5.85. The quantitative estimate of drug-likeness (QED) is 0.669. The molecule has 0 saturated carbocycles. The molecule has 0 aromatic heterocycles. The molecule has 20 heavy (non-hydrogen) atoms. The lowest BCUT2D eigenvalue weighted by atomic mass is 9.94. The largest absolute Gasteiger partial charge is 0.466 e. The van der Waals surface area contributed by atoms with Crippen LogP contribution in [0.4, 0.5) is 0 Å². The summed E-state index contributed by atoms with van der Waals surface area (Å²) in [5, 5.41) is 10.6. The van der Waals surface area contributed by atoms with Gasteiger partial charge in [0.05, 0.1) is 7.11 Å². The molecule has 0 bridgehead atoms. The molecule has 0 amide bonds. The van der Waals surface area contributed by atoms with Gasteiger partial charge < -0.3 is 9.84 Å². The molecule has 0 spiro atoms. The number of methoxy groups -OCH3 is 1. The van der Waals surface area contributed by atoms with Gasteiger partial charge in [-0.3, -0.25) is 0 Å². The average Bonchev–Trinajstić information content (AvgIpc) is 2.53. The molecule has 2 rings (SSSR count). The summed E-state index contributed by atoms with van der Waals surface area (Å²) in [6.45, 7) is 0. The van der Waals surface area contributed by atoms with E-state index < -0.39 is 11.6 Å². The van der Waals surface area contributed by atoms with E-state index in [9.17, 15) is 9.90 Å². The van der Waals surface area contributed by atoms with Gasteiger partial charge in [-0.1, -0.05) is 54.5 Å². The van der Waals surface area contributed by atoms with E-state index in [4.69, 9.17) is 0 Å². The molecule has 0 aliphatic rings. The fourth-order valence-corrected chi connectivity index (χ4v) is 1.75. The predicted molar refractivity (Wildman–Crippen MR) is 75.7 cm³/mol. The Bertz CT molecular complexity index is 638. The van der Waals surface area contributed by atoms with E-state index in [1.165, 1.54) is 7.11 Å². The Kier molecular flexibility index (Phi) is 4.19. The Morgan fingerprint density at radius 2 is 1.60 bits per heavy atom. The van der Waals surface area contributed by atoms with E-state index in [1.807, 2.05) is 18.2 Å². The van der Waals surface area contributed by atoms with Gasteiger partial charge in [0.25, 0.3) is 5.60 Å². The summed E-state index contributed by atoms with van der Waals surface area (Å²) in [6, 6.07) is 17.7. The lowest BCUT2D eigenvalue weighted by Crippen LogP contribution is -2.35. The first kappa shape index (κ1) is 13.9. The first-order chi connectivity index (χ1) is 9.66. The van der Waals surface area contributed by atoms with Crippen LogP contribution in [0.3, 0.4) is 0 Å². The second-order valence-electron chi connectivity index (χ2n) is 4.18. The van der Waals surface area contributed by atoms with Crippen LogP contribution in [0, 0.1) is 11.8 Å². The summed E-state index contributed by atoms with van der Waals surface area (Å²) < 4.78 is 4.67. The van der Waals surface area contributed by atoms with Crippen molar-refractivity contribution >= 4 is 5.97 Å². The minimum atomic E-state index is -1.97. The third kappa shape index (κ3) is 2.87. The number of carbonyl (C=O) groups excluding carboxylic acids is 1. The van der Waals surface area contributed by atoms with Gasteiger partial charge in [0.1, 0.15) is 0 Å². The van der Waals surface area contributed by atoms with E-state index in [0.29, 0.717) is 11.1 Å². The first-order valence-corrected chi connectivity index (χ1v) is 6.11. The smallest absolute Gasteiger partial charge is 0.355 e. The van der Waals surface area contributed by atoms with Gasteiger partial charge in [-0.2, -0.15) is 0 Å². The molecule has 0 saturated heterocycles. The molecule has 0 fully saturated rings. The average molecular weight is 266 g/mol. The van der Waals surface area contributed by atoms with Crippen LogP contribution in [0.1, 0.15) is 11.1 Å². The van der Waals surface area contributed by atoms with E-state index in [1.54, 1.807) is 42.5 Å². The molecule has 0 heterocycles. The summed E-state index contributed by atoms with van der Waals surface area (Å²) in [6.07, 6.45) is 0. The number of ether oxygens (including phenoxy) is 1. The number of esters is 1. The van der Waals surface area contributed by atoms with Crippen LogP contribution in [0.25, 0.3) is 0 Å². The van der Waals surface area contributed by atoms with Crippen LogP contribution in [-0.2, 0) is 15.1 Å². The Labute approximate surface area is 117 Å². The number of rotatable bonds is 2. The van der Waals surface area contributed by atoms with Crippen molar-refractivity contribution in [2.45, 2.75) is 5.60 Å². The standard InChI is InChI=1S/C17H14O3/c1-20-16(18)17(19,15-10-6-3-7-11-15)13-12-14-8-4-2-5-9-14/h2-11,19H,1H3/t17-/m0/s1. The van der Waals surface area contributed by atoms with Crippen molar-refractivity contribution in [3.05, 3.63) is 71.8 Å². The normalized spacial score (nSPS) is 12.7. The summed E-state index contributed by atoms with van der Waals surface area (Å²) in [7, 11) is 1.22. The molecule has 2 aromatic rings. The van der Waals surface area contributed by atoms with Gasteiger partial charge >= 0.3 is 5.97 Å². The van der Waals surface area contributed by atoms with E-state index in [-0.39, 0.29) is 0 Å². The van der Waals surface area contributed by atoms with Crippen molar-refractivity contribution in [2.24, 2.45) is 0 Å². The molecule has 3 heteroatoms. The highest BCUT2D eigenvalue weighted by atomic mass is 16.5. The Hall–Kier alpha value is -2.57. The molecule has 0 aliphatic carbocycles. The van der Waals surface area contributed by atoms with Gasteiger partial charge in [-0.15, -0.1) is 0 Å². The SMILES string of the molecule is COC(=O)[C@](O)(C#Cc1ccccc1)c1ccccc1. The van der Waals surface area contributed by atoms with Crippen molar-refractivity contribution in [1.29, 1.82) is 0 Å². The Morgan fingerprint density at radius 1 is 1.05 bits per heavy atom. The lowest BCUT2D eigenvalue weighted by Gasteiger charge is -2.19. The van der Waals surface area contributed by atoms with Crippen LogP contribution < -0.4 is 0 Å². The number of hydrogen-bond donors (Lipinski definition) is 1. The molecule has 1 N–H and O–H groups in total. The summed E-state index contributed by atoms with van der Waals surface area (Å²) in [5.41, 5.74) is -0.868. The topological polar surface area (TPSA) is 46.5 Å². The monoisotopic (exact) mass is 266 g/mol. The third-order valence-electron chi connectivity index (χ3n) is 2.83. The van der Waals surface area contributed by atoms with Crippen molar-refractivity contribution < 1.29 is 14.6 Å². The van der Waals surface area contributed by atoms with Crippen LogP contribution in [0.2, 0.25) is 0 Å². The number of carbonyl (C=O) groups is 1. The molecule has 1 atom stereocenters. The third-order valence-corrected chi connectivity index (χ3v) is 2.83. The van der Waals surface area contributed by atoms with Crippen LogP contribution in [0.5, 0.6) is 0 Å². The fraction of sp³-hybridized carbons (Fsp3) is 0.118. The minimum Gasteiger partial charge on any atom is -0.466 e. The maximum absolute atomic E-state index is 11.9. The number of benzene rings is 2. The van der Waals surface area contributed by atoms with Crippen molar-refractivity contribution in [2.75, 3.05) is 7.11 Å². The minimum absolute atomic E-state index is 0.385. The highest BCUT2D eigenvalue weighted by Gasteiger charge is 2.37. The van der Waals surface area contributed by atoms with Gasteiger partial charge in [0, 0.05) is 11.1 Å². The zero-order valence-electron chi connectivity index (χ0n) is 11.0.